The van der Waals surface area contributed by atoms with Crippen molar-refractivity contribution in [2.75, 3.05) is 0 Å². The van der Waals surface area contributed by atoms with Gasteiger partial charge < -0.3 is 14.0 Å². The summed E-state index contributed by atoms with van der Waals surface area (Å²) >= 11 is 0. The number of benzene rings is 7. The van der Waals surface area contributed by atoms with Crippen molar-refractivity contribution in [2.45, 2.75) is 65.9 Å². The summed E-state index contributed by atoms with van der Waals surface area (Å²) < 4.78 is 72.3. The maximum absolute atomic E-state index is 8.93. The fraction of sp³-hybridized carbons (Fsp3) is 0.164. The number of hydrogen-bond acceptors (Lipinski definition) is 4. The van der Waals surface area contributed by atoms with E-state index in [9.17, 15) is 0 Å². The second-order valence-corrected chi connectivity index (χ2v) is 23.9. The Morgan fingerprint density at radius 3 is 2.34 bits per heavy atom. The van der Waals surface area contributed by atoms with E-state index in [0.29, 0.717) is 39.4 Å². The molecule has 0 atom stereocenters. The molecule has 0 saturated heterocycles. The molecule has 0 N–H and O–H groups in total. The standard InChI is InChI=1S/C45H32N3O.C16H20NSi.Ir/c1-27-24-36-32-16-9-10-19-37(32)45(2,3)38(36)26-40(27)48-39-23-20-29-14-7-8-15-31(29)41(39)47-43(48)35-18-11-17-33-34-22-21-30(46-44(34)49-42(33)35)25-28-12-5-4-6-13-28;1-12-6-8-14(9-7-12)15-10-13(2)16(11-17-15)18(3,4)5;/h4-17,19-24,26H,25H2,1-3H3;6-8,10-11H,1-5H3;/q2*-1;/i25D2;1D3,2D3;. The zero-order chi connectivity index (χ0) is 53.0. The minimum atomic E-state index is -2.22. The molecule has 7 heteroatoms. The van der Waals surface area contributed by atoms with Crippen LogP contribution in [0.25, 0.3) is 83.3 Å². The number of aromatic nitrogens is 4. The Balaban J connectivity index is 0.000000223. The number of hydrogen-bond donors (Lipinski definition) is 0. The molecule has 0 unspecified atom stereocenters. The van der Waals surface area contributed by atoms with Crippen molar-refractivity contribution in [3.8, 4) is 39.5 Å². The zero-order valence-electron chi connectivity index (χ0n) is 46.5. The van der Waals surface area contributed by atoms with Crippen LogP contribution in [0.15, 0.2) is 162 Å². The van der Waals surface area contributed by atoms with Gasteiger partial charge in [-0.05, 0) is 93.8 Å². The normalized spacial score (nSPS) is 15.1. The second-order valence-electron chi connectivity index (χ2n) is 18.9. The summed E-state index contributed by atoms with van der Waals surface area (Å²) in [5, 5.41) is 4.70. The van der Waals surface area contributed by atoms with Gasteiger partial charge in [0.05, 0.1) is 30.5 Å². The molecule has 0 aliphatic heterocycles. The summed E-state index contributed by atoms with van der Waals surface area (Å²) in [7, 11) is -1.85. The van der Waals surface area contributed by atoms with Gasteiger partial charge in [-0.15, -0.1) is 53.6 Å². The molecule has 1 aliphatic carbocycles. The first-order valence-electron chi connectivity index (χ1n) is 26.5. The predicted molar refractivity (Wildman–Crippen MR) is 280 cm³/mol. The second kappa shape index (κ2) is 17.4. The first-order valence-corrected chi connectivity index (χ1v) is 26.0. The van der Waals surface area contributed by atoms with Gasteiger partial charge in [0.2, 0.25) is 5.71 Å². The number of imidazole rings is 1. The molecule has 0 spiro atoms. The molecule has 1 aliphatic rings. The van der Waals surface area contributed by atoms with Crippen LogP contribution in [0.2, 0.25) is 19.6 Å². The number of rotatable bonds is 6. The quantitative estimate of drug-likeness (QED) is 0.123. The Kier molecular flexibility index (Phi) is 9.29. The van der Waals surface area contributed by atoms with Crippen molar-refractivity contribution < 1.29 is 35.5 Å². The molecule has 5 nitrogen and oxygen atoms in total. The van der Waals surface area contributed by atoms with Gasteiger partial charge in [-0.2, -0.15) is 0 Å². The molecule has 12 rings (SSSR count). The molecule has 0 bridgehead atoms. The number of furan rings is 1. The molecule has 0 saturated carbocycles. The van der Waals surface area contributed by atoms with Crippen molar-refractivity contribution >= 4 is 57.1 Å². The van der Waals surface area contributed by atoms with E-state index in [2.05, 4.69) is 135 Å². The Morgan fingerprint density at radius 2 is 1.54 bits per heavy atom. The van der Waals surface area contributed by atoms with Crippen LogP contribution in [0, 0.1) is 32.8 Å². The van der Waals surface area contributed by atoms with Gasteiger partial charge in [0.25, 0.3) is 0 Å². The molecule has 11 aromatic rings. The van der Waals surface area contributed by atoms with Crippen molar-refractivity contribution in [3.05, 3.63) is 209 Å². The summed E-state index contributed by atoms with van der Waals surface area (Å²) in [6.07, 6.45) is -0.147. The zero-order valence-corrected chi connectivity index (χ0v) is 41.9. The minimum Gasteiger partial charge on any atom is -0.486 e. The van der Waals surface area contributed by atoms with Crippen LogP contribution in [0.1, 0.15) is 63.9 Å². The van der Waals surface area contributed by atoms with E-state index in [1.807, 2.05) is 36.4 Å². The molecular formula is C61H52IrN4OSi-2. The van der Waals surface area contributed by atoms with E-state index in [-0.39, 0.29) is 31.1 Å². The van der Waals surface area contributed by atoms with Crippen molar-refractivity contribution in [2.24, 2.45) is 0 Å². The monoisotopic (exact) mass is 1090 g/mol. The van der Waals surface area contributed by atoms with Crippen LogP contribution in [0.3, 0.4) is 0 Å². The third kappa shape index (κ3) is 7.82. The number of nitrogens with zero attached hydrogens (tertiary/aromatic N) is 4. The molecule has 1 radical (unpaired) electrons. The topological polar surface area (TPSA) is 56.7 Å². The van der Waals surface area contributed by atoms with Crippen LogP contribution in [0.5, 0.6) is 0 Å². The molecule has 0 fully saturated rings. The number of aryl methyl sites for hydroxylation is 3. The van der Waals surface area contributed by atoms with E-state index < -0.39 is 28.2 Å². The predicted octanol–water partition coefficient (Wildman–Crippen LogP) is 14.9. The molecule has 337 valence electrons. The van der Waals surface area contributed by atoms with Crippen LogP contribution in [-0.4, -0.2) is 27.6 Å². The van der Waals surface area contributed by atoms with Gasteiger partial charge in [-0.25, -0.2) is 4.98 Å². The Labute approximate surface area is 424 Å². The van der Waals surface area contributed by atoms with Gasteiger partial charge in [0.1, 0.15) is 0 Å². The number of pyridine rings is 2. The van der Waals surface area contributed by atoms with Crippen molar-refractivity contribution in [1.29, 1.82) is 0 Å². The van der Waals surface area contributed by atoms with Gasteiger partial charge >= 0.3 is 0 Å². The Morgan fingerprint density at radius 1 is 0.735 bits per heavy atom. The van der Waals surface area contributed by atoms with Crippen LogP contribution in [0.4, 0.5) is 0 Å². The molecule has 68 heavy (non-hydrogen) atoms. The summed E-state index contributed by atoms with van der Waals surface area (Å²) in [4.78, 5) is 14.6. The van der Waals surface area contributed by atoms with Crippen LogP contribution in [-0.2, 0) is 31.9 Å². The Hall–Kier alpha value is -6.76. The van der Waals surface area contributed by atoms with Crippen molar-refractivity contribution in [1.82, 2.24) is 19.5 Å². The summed E-state index contributed by atoms with van der Waals surface area (Å²) in [6, 6.07) is 55.3. The Bertz CT molecular complexity index is 4050. The first-order chi connectivity index (χ1) is 35.5. The molecule has 4 aromatic heterocycles. The van der Waals surface area contributed by atoms with E-state index in [4.69, 9.17) is 25.4 Å². The van der Waals surface area contributed by atoms with E-state index in [0.717, 1.165) is 60.4 Å². The fourth-order valence-electron chi connectivity index (χ4n) is 9.62. The van der Waals surface area contributed by atoms with E-state index >= 15 is 0 Å². The van der Waals surface area contributed by atoms with Crippen molar-refractivity contribution in [3.63, 3.8) is 0 Å². The molecule has 0 amide bonds. The van der Waals surface area contributed by atoms with Crippen LogP contribution >= 0.6 is 0 Å². The SMILES string of the molecule is [2H]C([2H])([2H])c1c[c-]c(-c2cc(C([2H])([2H])[2H])c([Si](C)(C)C)cn2)cc1.[2H]C([2H])(c1ccccc1)c1ccc2c(n1)oc1c(-c3nc4c5ccccc5ccc4n3-c3cc4c(cc3C)-c3ccccc3C4(C)C)[c-]ccc12.[Ir]. The maximum Gasteiger partial charge on any atom is 0.216 e. The van der Waals surface area contributed by atoms with Gasteiger partial charge in [-0.3, -0.25) is 4.98 Å². The third-order valence-corrected chi connectivity index (χ3v) is 15.1. The maximum atomic E-state index is 8.93. The minimum absolute atomic E-state index is 0. The average molecular weight is 1090 g/mol. The largest absolute Gasteiger partial charge is 0.486 e. The summed E-state index contributed by atoms with van der Waals surface area (Å²) in [6.45, 7) is 8.63. The number of fused-ring (bicyclic) bond motifs is 9. The van der Waals surface area contributed by atoms with E-state index in [1.54, 1.807) is 36.5 Å². The summed E-state index contributed by atoms with van der Waals surface area (Å²) in [5.41, 5.74) is 13.2. The van der Waals surface area contributed by atoms with Crippen LogP contribution < -0.4 is 5.19 Å². The molecule has 4 heterocycles. The van der Waals surface area contributed by atoms with Gasteiger partial charge in [0.15, 0.2) is 0 Å². The fourth-order valence-corrected chi connectivity index (χ4v) is 11.0. The summed E-state index contributed by atoms with van der Waals surface area (Å²) in [5.74, 6) is 0.724. The van der Waals surface area contributed by atoms with Gasteiger partial charge in [0, 0.05) is 71.2 Å². The molecular weight excluding hydrogens is 1030 g/mol. The first kappa shape index (κ1) is 36.3. The van der Waals surface area contributed by atoms with E-state index in [1.165, 1.54) is 34.4 Å². The molecule has 7 aromatic carbocycles. The average Bonchev–Trinajstić information content (AvgIpc) is 4.04. The third-order valence-electron chi connectivity index (χ3n) is 13.1. The van der Waals surface area contributed by atoms with Gasteiger partial charge in [-0.1, -0.05) is 148 Å². The smallest absolute Gasteiger partial charge is 0.216 e.